The van der Waals surface area contributed by atoms with Crippen LogP contribution in [0.1, 0.15) is 15.9 Å². The molecule has 0 saturated carbocycles. The lowest BCUT2D eigenvalue weighted by atomic mass is 10.1. The van der Waals surface area contributed by atoms with Crippen molar-refractivity contribution < 1.29 is 14.3 Å². The third-order valence-electron chi connectivity index (χ3n) is 3.93. The molecule has 0 N–H and O–H groups in total. The van der Waals surface area contributed by atoms with Crippen LogP contribution in [0.25, 0.3) is 11.4 Å². The number of ether oxygens (including phenoxy) is 2. The molecule has 0 saturated heterocycles. The second-order valence-corrected chi connectivity index (χ2v) is 6.49. The molecule has 134 valence electrons. The lowest BCUT2D eigenvalue weighted by Gasteiger charge is -2.08. The van der Waals surface area contributed by atoms with Crippen LogP contribution in [0.3, 0.4) is 0 Å². The van der Waals surface area contributed by atoms with Crippen LogP contribution < -0.4 is 4.74 Å². The molecule has 0 bridgehead atoms. The SMILES string of the molecule is COC(=O)c1ccc(CSc2nnc(-c3ccccc3OC)n2C)cc1. The van der Waals surface area contributed by atoms with Gasteiger partial charge in [-0.15, -0.1) is 10.2 Å². The monoisotopic (exact) mass is 369 g/mol. The van der Waals surface area contributed by atoms with E-state index in [0.717, 1.165) is 33.6 Å². The number of thioether (sulfide) groups is 1. The van der Waals surface area contributed by atoms with Gasteiger partial charge < -0.3 is 14.0 Å². The highest BCUT2D eigenvalue weighted by Crippen LogP contribution is 2.30. The number of benzene rings is 2. The molecule has 0 amide bonds. The maximum absolute atomic E-state index is 11.5. The summed E-state index contributed by atoms with van der Waals surface area (Å²) in [5.74, 6) is 1.90. The van der Waals surface area contributed by atoms with E-state index in [9.17, 15) is 4.79 Å². The van der Waals surface area contributed by atoms with Gasteiger partial charge in [-0.3, -0.25) is 0 Å². The Hall–Kier alpha value is -2.80. The van der Waals surface area contributed by atoms with Crippen molar-refractivity contribution in [3.8, 4) is 17.1 Å². The molecule has 3 rings (SSSR count). The highest BCUT2D eigenvalue weighted by atomic mass is 32.2. The van der Waals surface area contributed by atoms with Gasteiger partial charge in [0.15, 0.2) is 11.0 Å². The zero-order valence-corrected chi connectivity index (χ0v) is 15.6. The summed E-state index contributed by atoms with van der Waals surface area (Å²) >= 11 is 1.58. The summed E-state index contributed by atoms with van der Waals surface area (Å²) in [6.45, 7) is 0. The Labute approximate surface area is 156 Å². The average molecular weight is 369 g/mol. The number of methoxy groups -OCH3 is 2. The van der Waals surface area contributed by atoms with Gasteiger partial charge in [-0.05, 0) is 29.8 Å². The Morgan fingerprint density at radius 2 is 1.81 bits per heavy atom. The van der Waals surface area contributed by atoms with E-state index < -0.39 is 0 Å². The summed E-state index contributed by atoms with van der Waals surface area (Å²) in [6, 6.07) is 15.1. The van der Waals surface area contributed by atoms with Crippen molar-refractivity contribution in [3.05, 3.63) is 59.7 Å². The van der Waals surface area contributed by atoms with Gasteiger partial charge in [-0.1, -0.05) is 36.0 Å². The van der Waals surface area contributed by atoms with Crippen molar-refractivity contribution in [3.63, 3.8) is 0 Å². The summed E-state index contributed by atoms with van der Waals surface area (Å²) in [4.78, 5) is 11.5. The van der Waals surface area contributed by atoms with Crippen molar-refractivity contribution in [1.29, 1.82) is 0 Å². The number of esters is 1. The minimum absolute atomic E-state index is 0.334. The van der Waals surface area contributed by atoms with Gasteiger partial charge in [-0.2, -0.15) is 0 Å². The van der Waals surface area contributed by atoms with Crippen LogP contribution in [0.5, 0.6) is 5.75 Å². The first kappa shape index (κ1) is 18.0. The van der Waals surface area contributed by atoms with E-state index in [0.29, 0.717) is 5.56 Å². The second-order valence-electron chi connectivity index (χ2n) is 5.54. The normalized spacial score (nSPS) is 10.6. The van der Waals surface area contributed by atoms with E-state index in [-0.39, 0.29) is 5.97 Å². The van der Waals surface area contributed by atoms with E-state index >= 15 is 0 Å². The Morgan fingerprint density at radius 3 is 2.50 bits per heavy atom. The molecule has 0 aliphatic carbocycles. The molecule has 0 radical (unpaired) electrons. The lowest BCUT2D eigenvalue weighted by molar-refractivity contribution is 0.0600. The van der Waals surface area contributed by atoms with Crippen LogP contribution in [0.15, 0.2) is 53.7 Å². The van der Waals surface area contributed by atoms with Gasteiger partial charge in [0.05, 0.1) is 25.3 Å². The first-order valence-electron chi connectivity index (χ1n) is 7.97. The Kier molecular flexibility index (Phi) is 5.58. The molecule has 26 heavy (non-hydrogen) atoms. The van der Waals surface area contributed by atoms with Gasteiger partial charge in [0, 0.05) is 12.8 Å². The molecule has 1 heterocycles. The number of hydrogen-bond acceptors (Lipinski definition) is 6. The van der Waals surface area contributed by atoms with Crippen molar-refractivity contribution in [2.45, 2.75) is 10.9 Å². The molecule has 3 aromatic rings. The second kappa shape index (κ2) is 8.05. The summed E-state index contributed by atoms with van der Waals surface area (Å²) in [7, 11) is 4.95. The van der Waals surface area contributed by atoms with E-state index in [1.807, 2.05) is 48.0 Å². The van der Waals surface area contributed by atoms with E-state index in [2.05, 4.69) is 10.2 Å². The molecule has 0 atom stereocenters. The molecular weight excluding hydrogens is 350 g/mol. The predicted octanol–water partition coefficient (Wildman–Crippen LogP) is 3.57. The van der Waals surface area contributed by atoms with Gasteiger partial charge >= 0.3 is 5.97 Å². The van der Waals surface area contributed by atoms with Crippen molar-refractivity contribution in [2.75, 3.05) is 14.2 Å². The van der Waals surface area contributed by atoms with E-state index in [1.54, 1.807) is 31.0 Å². The predicted molar refractivity (Wildman–Crippen MR) is 100 cm³/mol. The van der Waals surface area contributed by atoms with E-state index in [1.165, 1.54) is 7.11 Å². The van der Waals surface area contributed by atoms with Crippen LogP contribution in [-0.2, 0) is 17.5 Å². The van der Waals surface area contributed by atoms with Gasteiger partial charge in [0.25, 0.3) is 0 Å². The largest absolute Gasteiger partial charge is 0.496 e. The molecule has 0 spiro atoms. The standard InChI is InChI=1S/C19H19N3O3S/c1-22-17(15-6-4-5-7-16(15)24-2)20-21-19(22)26-12-13-8-10-14(11-9-13)18(23)25-3/h4-11H,12H2,1-3H3. The average Bonchev–Trinajstić information content (AvgIpc) is 3.06. The minimum Gasteiger partial charge on any atom is -0.496 e. The number of para-hydroxylation sites is 1. The first-order valence-corrected chi connectivity index (χ1v) is 8.95. The number of rotatable bonds is 6. The molecule has 2 aromatic carbocycles. The number of hydrogen-bond donors (Lipinski definition) is 0. The van der Waals surface area contributed by atoms with Crippen LogP contribution in [0, 0.1) is 0 Å². The Bertz CT molecular complexity index is 907. The topological polar surface area (TPSA) is 66.2 Å². The smallest absolute Gasteiger partial charge is 0.337 e. The fourth-order valence-corrected chi connectivity index (χ4v) is 3.37. The van der Waals surface area contributed by atoms with Gasteiger partial charge in [0.1, 0.15) is 5.75 Å². The minimum atomic E-state index is -0.334. The quantitative estimate of drug-likeness (QED) is 0.489. The maximum atomic E-state index is 11.5. The zero-order chi connectivity index (χ0) is 18.5. The lowest BCUT2D eigenvalue weighted by Crippen LogP contribution is -2.00. The van der Waals surface area contributed by atoms with Crippen molar-refractivity contribution in [1.82, 2.24) is 14.8 Å². The molecule has 7 heteroatoms. The third kappa shape index (κ3) is 3.72. The summed E-state index contributed by atoms with van der Waals surface area (Å²) < 4.78 is 12.1. The molecular formula is C19H19N3O3S. The van der Waals surface area contributed by atoms with Crippen LogP contribution >= 0.6 is 11.8 Å². The highest BCUT2D eigenvalue weighted by molar-refractivity contribution is 7.98. The fourth-order valence-electron chi connectivity index (χ4n) is 2.51. The third-order valence-corrected chi connectivity index (χ3v) is 5.02. The van der Waals surface area contributed by atoms with E-state index in [4.69, 9.17) is 9.47 Å². The van der Waals surface area contributed by atoms with Crippen molar-refractivity contribution >= 4 is 17.7 Å². The molecule has 1 aromatic heterocycles. The summed E-state index contributed by atoms with van der Waals surface area (Å²) in [5, 5.41) is 9.40. The molecule has 0 unspecified atom stereocenters. The summed E-state index contributed by atoms with van der Waals surface area (Å²) in [6.07, 6.45) is 0. The molecule has 0 fully saturated rings. The number of nitrogens with zero attached hydrogens (tertiary/aromatic N) is 3. The molecule has 6 nitrogen and oxygen atoms in total. The van der Waals surface area contributed by atoms with Crippen LogP contribution in [0.2, 0.25) is 0 Å². The van der Waals surface area contributed by atoms with Crippen molar-refractivity contribution in [2.24, 2.45) is 7.05 Å². The van der Waals surface area contributed by atoms with Crippen LogP contribution in [-0.4, -0.2) is 35.0 Å². The molecule has 0 aliphatic heterocycles. The molecule has 0 aliphatic rings. The number of carbonyl (C=O) groups excluding carboxylic acids is 1. The van der Waals surface area contributed by atoms with Gasteiger partial charge in [0.2, 0.25) is 0 Å². The maximum Gasteiger partial charge on any atom is 0.337 e. The summed E-state index contributed by atoms with van der Waals surface area (Å²) in [5.41, 5.74) is 2.53. The fraction of sp³-hybridized carbons (Fsp3) is 0.211. The highest BCUT2D eigenvalue weighted by Gasteiger charge is 2.15. The zero-order valence-electron chi connectivity index (χ0n) is 14.8. The first-order chi connectivity index (χ1) is 12.6. The number of aromatic nitrogens is 3. The Balaban J connectivity index is 1.74. The Morgan fingerprint density at radius 1 is 1.08 bits per heavy atom. The number of carbonyl (C=O) groups is 1. The van der Waals surface area contributed by atoms with Gasteiger partial charge in [-0.25, -0.2) is 4.79 Å². The van der Waals surface area contributed by atoms with Crippen LogP contribution in [0.4, 0.5) is 0 Å².